The van der Waals surface area contributed by atoms with E-state index in [0.717, 1.165) is 25.9 Å². The van der Waals surface area contributed by atoms with Crippen LogP contribution in [0.15, 0.2) is 0 Å². The number of carbonyl (C=O) groups excluding carboxylic acids is 1. The van der Waals surface area contributed by atoms with Crippen LogP contribution in [-0.4, -0.2) is 25.0 Å². The molecule has 1 amide bonds. The second kappa shape index (κ2) is 4.34. The SMILES string of the molecule is CCCC(=O)N[C@@H]1CCNC1. The number of nitrogens with one attached hydrogen (secondary N) is 2. The highest BCUT2D eigenvalue weighted by Gasteiger charge is 2.15. The number of amides is 1. The zero-order valence-corrected chi connectivity index (χ0v) is 7.02. The van der Waals surface area contributed by atoms with Crippen LogP contribution in [0.5, 0.6) is 0 Å². The molecule has 1 fully saturated rings. The Labute approximate surface area is 67.5 Å². The van der Waals surface area contributed by atoms with Gasteiger partial charge in [0.2, 0.25) is 5.91 Å². The van der Waals surface area contributed by atoms with Gasteiger partial charge in [-0.25, -0.2) is 0 Å². The van der Waals surface area contributed by atoms with Gasteiger partial charge >= 0.3 is 0 Å². The van der Waals surface area contributed by atoms with Crippen molar-refractivity contribution < 1.29 is 4.79 Å². The van der Waals surface area contributed by atoms with Gasteiger partial charge in [-0.05, 0) is 19.4 Å². The molecule has 3 nitrogen and oxygen atoms in total. The molecular weight excluding hydrogens is 140 g/mol. The summed E-state index contributed by atoms with van der Waals surface area (Å²) >= 11 is 0. The second-order valence-corrected chi connectivity index (χ2v) is 3.01. The molecule has 3 heteroatoms. The summed E-state index contributed by atoms with van der Waals surface area (Å²) in [5.41, 5.74) is 0. The summed E-state index contributed by atoms with van der Waals surface area (Å²) in [4.78, 5) is 11.1. The maximum Gasteiger partial charge on any atom is 0.220 e. The fourth-order valence-corrected chi connectivity index (χ4v) is 1.30. The first kappa shape index (κ1) is 8.53. The minimum Gasteiger partial charge on any atom is -0.352 e. The highest BCUT2D eigenvalue weighted by molar-refractivity contribution is 5.76. The van der Waals surface area contributed by atoms with Crippen molar-refractivity contribution in [3.8, 4) is 0 Å². The van der Waals surface area contributed by atoms with Gasteiger partial charge < -0.3 is 10.6 Å². The molecule has 0 aromatic carbocycles. The van der Waals surface area contributed by atoms with Crippen LogP contribution in [0, 0.1) is 0 Å². The summed E-state index contributed by atoms with van der Waals surface area (Å²) < 4.78 is 0. The first-order chi connectivity index (χ1) is 5.33. The van der Waals surface area contributed by atoms with Crippen LogP contribution in [-0.2, 0) is 4.79 Å². The van der Waals surface area contributed by atoms with Gasteiger partial charge in [-0.3, -0.25) is 4.79 Å². The number of rotatable bonds is 3. The van der Waals surface area contributed by atoms with E-state index in [-0.39, 0.29) is 5.91 Å². The lowest BCUT2D eigenvalue weighted by molar-refractivity contribution is -0.121. The number of carbonyl (C=O) groups is 1. The Balaban J connectivity index is 2.13. The van der Waals surface area contributed by atoms with E-state index < -0.39 is 0 Å². The van der Waals surface area contributed by atoms with E-state index in [2.05, 4.69) is 10.6 Å². The van der Waals surface area contributed by atoms with Crippen LogP contribution >= 0.6 is 0 Å². The smallest absolute Gasteiger partial charge is 0.220 e. The molecule has 0 aliphatic carbocycles. The van der Waals surface area contributed by atoms with Crippen LogP contribution < -0.4 is 10.6 Å². The van der Waals surface area contributed by atoms with Crippen molar-refractivity contribution in [3.63, 3.8) is 0 Å². The molecule has 1 saturated heterocycles. The second-order valence-electron chi connectivity index (χ2n) is 3.01. The molecule has 11 heavy (non-hydrogen) atoms. The van der Waals surface area contributed by atoms with Gasteiger partial charge in [-0.2, -0.15) is 0 Å². The van der Waals surface area contributed by atoms with Gasteiger partial charge in [0.25, 0.3) is 0 Å². The van der Waals surface area contributed by atoms with Crippen molar-refractivity contribution in [1.82, 2.24) is 10.6 Å². The quantitative estimate of drug-likeness (QED) is 0.615. The van der Waals surface area contributed by atoms with E-state index in [1.165, 1.54) is 0 Å². The molecule has 2 N–H and O–H groups in total. The molecule has 64 valence electrons. The minimum atomic E-state index is 0.196. The Kier molecular flexibility index (Phi) is 3.36. The van der Waals surface area contributed by atoms with Gasteiger partial charge in [-0.15, -0.1) is 0 Å². The van der Waals surface area contributed by atoms with Crippen molar-refractivity contribution in [2.45, 2.75) is 32.2 Å². The zero-order valence-electron chi connectivity index (χ0n) is 7.02. The largest absolute Gasteiger partial charge is 0.352 e. The summed E-state index contributed by atoms with van der Waals surface area (Å²) in [6, 6.07) is 0.383. The van der Waals surface area contributed by atoms with E-state index >= 15 is 0 Å². The molecule has 1 aliphatic heterocycles. The topological polar surface area (TPSA) is 41.1 Å². The van der Waals surface area contributed by atoms with Gasteiger partial charge in [0, 0.05) is 19.0 Å². The van der Waals surface area contributed by atoms with Crippen LogP contribution in [0.1, 0.15) is 26.2 Å². The van der Waals surface area contributed by atoms with E-state index in [0.29, 0.717) is 12.5 Å². The average Bonchev–Trinajstić information content (AvgIpc) is 2.40. The van der Waals surface area contributed by atoms with Crippen LogP contribution in [0.4, 0.5) is 0 Å². The summed E-state index contributed by atoms with van der Waals surface area (Å²) in [5.74, 6) is 0.196. The third-order valence-electron chi connectivity index (χ3n) is 1.90. The lowest BCUT2D eigenvalue weighted by atomic mass is 10.2. The first-order valence-corrected chi connectivity index (χ1v) is 4.33. The fourth-order valence-electron chi connectivity index (χ4n) is 1.30. The Morgan fingerprint density at radius 3 is 3.09 bits per heavy atom. The van der Waals surface area contributed by atoms with Crippen molar-refractivity contribution in [1.29, 1.82) is 0 Å². The minimum absolute atomic E-state index is 0.196. The lowest BCUT2D eigenvalue weighted by Gasteiger charge is -2.09. The van der Waals surface area contributed by atoms with Crippen LogP contribution in [0.3, 0.4) is 0 Å². The molecule has 0 bridgehead atoms. The van der Waals surface area contributed by atoms with Crippen molar-refractivity contribution in [3.05, 3.63) is 0 Å². The number of hydrogen-bond acceptors (Lipinski definition) is 2. The fraction of sp³-hybridized carbons (Fsp3) is 0.875. The standard InChI is InChI=1S/C8H16N2O/c1-2-3-8(11)10-7-4-5-9-6-7/h7,9H,2-6H2,1H3,(H,10,11)/t7-/m1/s1. The maximum atomic E-state index is 11.1. The predicted octanol–water partition coefficient (Wildman–Crippen LogP) is 0.265. The van der Waals surface area contributed by atoms with E-state index in [9.17, 15) is 4.79 Å². The summed E-state index contributed by atoms with van der Waals surface area (Å²) in [5, 5.41) is 6.18. The third-order valence-corrected chi connectivity index (χ3v) is 1.90. The summed E-state index contributed by atoms with van der Waals surface area (Å²) in [7, 11) is 0. The van der Waals surface area contributed by atoms with Gasteiger partial charge in [0.05, 0.1) is 0 Å². The van der Waals surface area contributed by atoms with Gasteiger partial charge in [0.15, 0.2) is 0 Å². The number of hydrogen-bond donors (Lipinski definition) is 2. The lowest BCUT2D eigenvalue weighted by Crippen LogP contribution is -2.35. The summed E-state index contributed by atoms with van der Waals surface area (Å²) in [6.45, 7) is 4.00. The zero-order chi connectivity index (χ0) is 8.10. The molecule has 1 heterocycles. The average molecular weight is 156 g/mol. The molecule has 0 unspecified atom stereocenters. The highest BCUT2D eigenvalue weighted by atomic mass is 16.1. The Hall–Kier alpha value is -0.570. The monoisotopic (exact) mass is 156 g/mol. The van der Waals surface area contributed by atoms with Gasteiger partial charge in [0.1, 0.15) is 0 Å². The molecule has 0 aromatic rings. The van der Waals surface area contributed by atoms with E-state index in [4.69, 9.17) is 0 Å². The molecule has 1 atom stereocenters. The van der Waals surface area contributed by atoms with Crippen molar-refractivity contribution in [2.24, 2.45) is 0 Å². The molecule has 0 spiro atoms. The highest BCUT2D eigenvalue weighted by Crippen LogP contribution is 1.97. The van der Waals surface area contributed by atoms with Crippen molar-refractivity contribution in [2.75, 3.05) is 13.1 Å². The third kappa shape index (κ3) is 2.89. The molecule has 1 aliphatic rings. The first-order valence-electron chi connectivity index (χ1n) is 4.33. The Bertz CT molecular complexity index is 130. The van der Waals surface area contributed by atoms with Crippen molar-refractivity contribution >= 4 is 5.91 Å². The summed E-state index contributed by atoms with van der Waals surface area (Å²) in [6.07, 6.45) is 2.68. The maximum absolute atomic E-state index is 11.1. The van der Waals surface area contributed by atoms with E-state index in [1.54, 1.807) is 0 Å². The predicted molar refractivity (Wildman–Crippen MR) is 44.3 cm³/mol. The van der Waals surface area contributed by atoms with Crippen LogP contribution in [0.25, 0.3) is 0 Å². The molecule has 1 rings (SSSR count). The molecular formula is C8H16N2O. The van der Waals surface area contributed by atoms with Gasteiger partial charge in [-0.1, -0.05) is 6.92 Å². The molecule has 0 radical (unpaired) electrons. The normalized spacial score (nSPS) is 23.5. The van der Waals surface area contributed by atoms with Crippen LogP contribution in [0.2, 0.25) is 0 Å². The Morgan fingerprint density at radius 2 is 2.55 bits per heavy atom. The molecule has 0 aromatic heterocycles. The van der Waals surface area contributed by atoms with E-state index in [1.807, 2.05) is 6.92 Å². The Morgan fingerprint density at radius 1 is 1.73 bits per heavy atom. The molecule has 0 saturated carbocycles.